The zero-order valence-electron chi connectivity index (χ0n) is 22.4. The van der Waals surface area contributed by atoms with Crippen molar-refractivity contribution in [3.63, 3.8) is 0 Å². The number of carbonyl (C=O) groups is 1. The number of hydrogen-bond acceptors (Lipinski definition) is 11. The smallest absolute Gasteiger partial charge is 0.380 e. The summed E-state index contributed by atoms with van der Waals surface area (Å²) in [5, 5.41) is 22.1. The van der Waals surface area contributed by atoms with Crippen LogP contribution in [0.2, 0.25) is 0 Å². The van der Waals surface area contributed by atoms with Crippen LogP contribution >= 0.6 is 7.60 Å². The van der Waals surface area contributed by atoms with Crippen molar-refractivity contribution in [2.24, 2.45) is 5.92 Å². The number of esters is 1. The average Bonchev–Trinajstić information content (AvgIpc) is 3.10. The number of rotatable bonds is 11. The maximum absolute atomic E-state index is 14.2. The Hall–Kier alpha value is -2.83. The molecule has 1 aliphatic heterocycles. The van der Waals surface area contributed by atoms with Crippen LogP contribution in [0.25, 0.3) is 0 Å². The Morgan fingerprint density at radius 2 is 1.92 bits per heavy atom. The molecular formula is C25H35FN3O9P. The molecule has 0 aliphatic carbocycles. The molecule has 6 atom stereocenters. The number of hydrogen-bond donors (Lipinski definition) is 3. The molecule has 1 aromatic heterocycles. The van der Waals surface area contributed by atoms with Gasteiger partial charge in [-0.2, -0.15) is 4.98 Å². The Balaban J connectivity index is 1.95. The van der Waals surface area contributed by atoms with Gasteiger partial charge < -0.3 is 29.9 Å². The summed E-state index contributed by atoms with van der Waals surface area (Å²) in [5.74, 6) is -1.46. The first-order valence-corrected chi connectivity index (χ1v) is 14.1. The average molecular weight is 572 g/mol. The Labute approximate surface area is 225 Å². The van der Waals surface area contributed by atoms with Crippen LogP contribution in [-0.4, -0.2) is 68.1 Å². The van der Waals surface area contributed by atoms with Crippen LogP contribution < -0.4 is 15.9 Å². The molecule has 12 nitrogen and oxygen atoms in total. The van der Waals surface area contributed by atoms with Crippen molar-refractivity contribution in [2.45, 2.75) is 70.4 Å². The fourth-order valence-electron chi connectivity index (χ4n) is 4.24. The molecule has 216 valence electrons. The number of anilines is 1. The highest BCUT2D eigenvalue weighted by Gasteiger charge is 2.62. The molecule has 0 spiro atoms. The second-order valence-electron chi connectivity index (χ2n) is 10.3. The first-order valence-electron chi connectivity index (χ1n) is 12.3. The number of aromatic nitrogens is 2. The van der Waals surface area contributed by atoms with Crippen molar-refractivity contribution in [1.29, 1.82) is 0 Å². The van der Waals surface area contributed by atoms with Gasteiger partial charge in [0.25, 0.3) is 0 Å². The van der Waals surface area contributed by atoms with E-state index < -0.39 is 73.8 Å². The van der Waals surface area contributed by atoms with Crippen LogP contribution in [0.15, 0.2) is 47.4 Å². The summed E-state index contributed by atoms with van der Waals surface area (Å²) in [4.78, 5) is 28.5. The van der Waals surface area contributed by atoms with Gasteiger partial charge in [-0.05, 0) is 45.9 Å². The number of alkyl halides is 1. The number of ether oxygens (including phenoxy) is 2. The minimum atomic E-state index is -4.22. The monoisotopic (exact) mass is 571 g/mol. The molecule has 1 aliphatic rings. The van der Waals surface area contributed by atoms with Crippen LogP contribution in [0.1, 0.15) is 40.8 Å². The Bertz CT molecular complexity index is 1260. The van der Waals surface area contributed by atoms with Crippen molar-refractivity contribution >= 4 is 19.4 Å². The third-order valence-electron chi connectivity index (χ3n) is 6.12. The van der Waals surface area contributed by atoms with Gasteiger partial charge in [-0.15, -0.1) is 0 Å². The number of aliphatic hydroxyl groups excluding tert-OH is 1. The number of aliphatic hydroxyl groups is 2. The van der Waals surface area contributed by atoms with Gasteiger partial charge in [0.2, 0.25) is 0 Å². The van der Waals surface area contributed by atoms with E-state index in [4.69, 9.17) is 24.3 Å². The molecule has 1 aromatic carbocycles. The Morgan fingerprint density at radius 1 is 1.28 bits per heavy atom. The molecule has 3 rings (SSSR count). The van der Waals surface area contributed by atoms with E-state index in [0.29, 0.717) is 0 Å². The van der Waals surface area contributed by atoms with Crippen molar-refractivity contribution < 1.29 is 42.5 Å². The van der Waals surface area contributed by atoms with E-state index in [0.717, 1.165) is 10.8 Å². The fraction of sp³-hybridized carbons (Fsp3) is 0.560. The van der Waals surface area contributed by atoms with Crippen molar-refractivity contribution in [3.05, 3.63) is 53.1 Å². The van der Waals surface area contributed by atoms with E-state index >= 15 is 0 Å². The highest BCUT2D eigenvalue weighted by molar-refractivity contribution is 7.54. The summed E-state index contributed by atoms with van der Waals surface area (Å²) in [6.45, 7) is 6.13. The topological polar surface area (TPSA) is 172 Å². The van der Waals surface area contributed by atoms with Crippen LogP contribution in [0, 0.1) is 5.92 Å². The second kappa shape index (κ2) is 11.7. The standard InChI is InChI=1S/C25H35FN3O9P/c1-15(2)35-21(31)16(3)13-39(34,37-17-9-7-6-8-10-17)38-24(4,5)20-19(30)25(33,14-26)22(36-20)29-12-11-18(27)28-23(29)32/h6-12,15-16,19-20,22,30,33H,13-14H2,1-5H3,(H2,27,28,32)/t16-,19+,20+,22-,25?,39-/m1/s1. The molecule has 14 heteroatoms. The molecule has 0 amide bonds. The molecule has 2 heterocycles. The number of benzene rings is 1. The molecule has 39 heavy (non-hydrogen) atoms. The molecule has 1 saturated heterocycles. The van der Waals surface area contributed by atoms with Gasteiger partial charge in [0.05, 0.1) is 18.2 Å². The molecule has 1 unspecified atom stereocenters. The van der Waals surface area contributed by atoms with E-state index in [1.807, 2.05) is 0 Å². The van der Waals surface area contributed by atoms with Gasteiger partial charge in [0.1, 0.15) is 36.1 Å². The lowest BCUT2D eigenvalue weighted by Gasteiger charge is -2.36. The number of halogens is 1. The lowest BCUT2D eigenvalue weighted by atomic mass is 9.88. The minimum absolute atomic E-state index is 0.108. The van der Waals surface area contributed by atoms with Gasteiger partial charge in [0, 0.05) is 6.20 Å². The van der Waals surface area contributed by atoms with Gasteiger partial charge in [-0.25, -0.2) is 13.8 Å². The highest BCUT2D eigenvalue weighted by atomic mass is 31.2. The lowest BCUT2D eigenvalue weighted by Crippen LogP contribution is -2.53. The van der Waals surface area contributed by atoms with E-state index in [2.05, 4.69) is 4.98 Å². The van der Waals surface area contributed by atoms with Crippen LogP contribution in [-0.2, 0) is 23.4 Å². The number of nitrogens with zero attached hydrogens (tertiary/aromatic N) is 2. The van der Waals surface area contributed by atoms with Gasteiger partial charge in [-0.3, -0.25) is 13.9 Å². The minimum Gasteiger partial charge on any atom is -0.463 e. The van der Waals surface area contributed by atoms with Gasteiger partial charge >= 0.3 is 19.3 Å². The molecule has 0 radical (unpaired) electrons. The normalized spacial score (nSPS) is 25.7. The third kappa shape index (κ3) is 6.85. The fourth-order valence-corrected chi connectivity index (χ4v) is 6.51. The number of nitrogens with two attached hydrogens (primary N) is 1. The van der Waals surface area contributed by atoms with E-state index in [1.54, 1.807) is 44.2 Å². The highest BCUT2D eigenvalue weighted by Crippen LogP contribution is 2.55. The van der Waals surface area contributed by atoms with E-state index in [9.17, 15) is 28.8 Å². The van der Waals surface area contributed by atoms with Crippen LogP contribution in [0.3, 0.4) is 0 Å². The third-order valence-corrected chi connectivity index (χ3v) is 8.35. The molecule has 0 saturated carbocycles. The van der Waals surface area contributed by atoms with Crippen LogP contribution in [0.4, 0.5) is 10.2 Å². The zero-order valence-corrected chi connectivity index (χ0v) is 23.3. The van der Waals surface area contributed by atoms with Crippen molar-refractivity contribution in [3.8, 4) is 5.75 Å². The van der Waals surface area contributed by atoms with Crippen LogP contribution in [0.5, 0.6) is 5.75 Å². The lowest BCUT2D eigenvalue weighted by molar-refractivity contribution is -0.151. The van der Waals surface area contributed by atoms with Crippen molar-refractivity contribution in [2.75, 3.05) is 18.6 Å². The summed E-state index contributed by atoms with van der Waals surface area (Å²) in [5.41, 5.74) is 0.265. The first-order chi connectivity index (χ1) is 18.1. The Kier molecular flexibility index (Phi) is 9.24. The number of carbonyl (C=O) groups excluding carboxylic acids is 1. The number of nitrogen functional groups attached to an aromatic ring is 1. The molecular weight excluding hydrogens is 536 g/mol. The molecule has 2 aromatic rings. The quantitative estimate of drug-likeness (QED) is 0.267. The summed E-state index contributed by atoms with van der Waals surface area (Å²) in [6, 6.07) is 9.34. The van der Waals surface area contributed by atoms with E-state index in [-0.39, 0.29) is 11.6 Å². The van der Waals surface area contributed by atoms with Gasteiger partial charge in [0.15, 0.2) is 11.8 Å². The van der Waals surface area contributed by atoms with E-state index in [1.165, 1.54) is 26.8 Å². The second-order valence-corrected chi connectivity index (χ2v) is 12.3. The molecule has 1 fully saturated rings. The zero-order chi connectivity index (χ0) is 29.2. The molecule has 4 N–H and O–H groups in total. The SMILES string of the molecule is CC(C)OC(=O)[C@H](C)C[P@@](=O)(Oc1ccccc1)OC(C)(C)[C@H]1O[C@@H](n2ccc(N)nc2=O)C(O)(CF)[C@H]1O. The summed E-state index contributed by atoms with van der Waals surface area (Å²) in [6.07, 6.45) is -4.85. The predicted octanol–water partition coefficient (Wildman–Crippen LogP) is 2.44. The maximum atomic E-state index is 14.2. The summed E-state index contributed by atoms with van der Waals surface area (Å²) < 4.78 is 51.9. The maximum Gasteiger partial charge on any atom is 0.380 e. The molecule has 0 bridgehead atoms. The summed E-state index contributed by atoms with van der Waals surface area (Å²) >= 11 is 0. The summed E-state index contributed by atoms with van der Waals surface area (Å²) in [7, 11) is -4.22. The van der Waals surface area contributed by atoms with Gasteiger partial charge in [-0.1, -0.05) is 25.1 Å². The number of para-hydroxylation sites is 1. The largest absolute Gasteiger partial charge is 0.463 e. The first kappa shape index (κ1) is 30.7. The van der Waals surface area contributed by atoms with Crippen molar-refractivity contribution in [1.82, 2.24) is 9.55 Å². The predicted molar refractivity (Wildman–Crippen MR) is 139 cm³/mol. The Morgan fingerprint density at radius 3 is 2.49 bits per heavy atom.